The Hall–Kier alpha value is -2.60. The predicted molar refractivity (Wildman–Crippen MR) is 85.3 cm³/mol. The first-order chi connectivity index (χ1) is 10.6. The Labute approximate surface area is 130 Å². The number of benzene rings is 1. The van der Waals surface area contributed by atoms with Crippen LogP contribution in [0.25, 0.3) is 0 Å². The van der Waals surface area contributed by atoms with Gasteiger partial charge in [-0.3, -0.25) is 4.79 Å². The normalized spacial score (nSPS) is 13.8. The van der Waals surface area contributed by atoms with Crippen molar-refractivity contribution < 1.29 is 14.3 Å². The lowest BCUT2D eigenvalue weighted by molar-refractivity contribution is -0.113. The van der Waals surface area contributed by atoms with Gasteiger partial charge in [-0.2, -0.15) is 0 Å². The lowest BCUT2D eigenvalue weighted by atomic mass is 10.1. The fourth-order valence-electron chi connectivity index (χ4n) is 1.98. The molecule has 0 heterocycles. The van der Waals surface area contributed by atoms with Crippen LogP contribution in [-0.2, 0) is 9.53 Å². The molecule has 0 N–H and O–H groups in total. The van der Waals surface area contributed by atoms with Crippen molar-refractivity contribution in [1.29, 1.82) is 0 Å². The fourth-order valence-corrected chi connectivity index (χ4v) is 1.98. The Balaban J connectivity index is 2.14. The molecule has 0 aliphatic heterocycles. The van der Waals surface area contributed by atoms with Crippen LogP contribution in [-0.4, -0.2) is 18.9 Å². The molecule has 0 radical (unpaired) electrons. The topological polar surface area (TPSA) is 43.4 Å². The standard InChI is InChI=1S/C19H18O3/c1-3-4-18(20)13-17(15-11-12-15)10-7-14-5-8-16(9-6-14)19(21)22-2/h3,5-6,8-9,13,15H,1,4,11-12H2,2H3/b17-13+. The molecular formula is C19H18O3. The smallest absolute Gasteiger partial charge is 0.337 e. The number of allylic oxidation sites excluding steroid dienone is 3. The summed E-state index contributed by atoms with van der Waals surface area (Å²) < 4.78 is 4.65. The highest BCUT2D eigenvalue weighted by atomic mass is 16.5. The Morgan fingerprint density at radius 1 is 1.32 bits per heavy atom. The monoisotopic (exact) mass is 294 g/mol. The number of esters is 1. The number of hydrogen-bond acceptors (Lipinski definition) is 3. The number of carbonyl (C=O) groups is 2. The van der Waals surface area contributed by atoms with Crippen LogP contribution in [0.3, 0.4) is 0 Å². The van der Waals surface area contributed by atoms with E-state index in [-0.39, 0.29) is 11.8 Å². The third-order valence-electron chi connectivity index (χ3n) is 3.34. The number of methoxy groups -OCH3 is 1. The zero-order chi connectivity index (χ0) is 15.9. The SMILES string of the molecule is C=CCC(=O)/C=C(\C#Cc1ccc(C(=O)OC)cc1)C1CC1. The average molecular weight is 294 g/mol. The number of hydrogen-bond donors (Lipinski definition) is 0. The van der Waals surface area contributed by atoms with E-state index in [9.17, 15) is 9.59 Å². The van der Waals surface area contributed by atoms with Crippen LogP contribution >= 0.6 is 0 Å². The second-order valence-electron chi connectivity index (χ2n) is 5.15. The van der Waals surface area contributed by atoms with E-state index >= 15 is 0 Å². The van der Waals surface area contributed by atoms with Crippen LogP contribution in [0.2, 0.25) is 0 Å². The predicted octanol–water partition coefficient (Wildman–Crippen LogP) is 3.31. The Morgan fingerprint density at radius 2 is 2.00 bits per heavy atom. The molecule has 3 heteroatoms. The largest absolute Gasteiger partial charge is 0.465 e. The molecular weight excluding hydrogens is 276 g/mol. The van der Waals surface area contributed by atoms with Crippen molar-refractivity contribution in [3.8, 4) is 11.8 Å². The molecule has 0 spiro atoms. The summed E-state index contributed by atoms with van der Waals surface area (Å²) in [5.41, 5.74) is 2.19. The molecule has 0 aromatic heterocycles. The highest BCUT2D eigenvalue weighted by Crippen LogP contribution is 2.36. The molecule has 1 fully saturated rings. The molecule has 0 unspecified atom stereocenters. The maximum absolute atomic E-state index is 11.7. The van der Waals surface area contributed by atoms with E-state index < -0.39 is 0 Å². The van der Waals surface area contributed by atoms with Crippen LogP contribution in [0.1, 0.15) is 35.2 Å². The van der Waals surface area contributed by atoms with Crippen molar-refractivity contribution >= 4 is 11.8 Å². The minimum Gasteiger partial charge on any atom is -0.465 e. The third-order valence-corrected chi connectivity index (χ3v) is 3.34. The van der Waals surface area contributed by atoms with E-state index in [1.54, 1.807) is 36.4 Å². The second kappa shape index (κ2) is 7.42. The molecule has 0 bridgehead atoms. The van der Waals surface area contributed by atoms with Crippen molar-refractivity contribution in [2.75, 3.05) is 7.11 Å². The summed E-state index contributed by atoms with van der Waals surface area (Å²) >= 11 is 0. The second-order valence-corrected chi connectivity index (χ2v) is 5.15. The zero-order valence-electron chi connectivity index (χ0n) is 12.6. The van der Waals surface area contributed by atoms with Crippen LogP contribution in [0.5, 0.6) is 0 Å². The first-order valence-corrected chi connectivity index (χ1v) is 7.19. The first-order valence-electron chi connectivity index (χ1n) is 7.19. The lowest BCUT2D eigenvalue weighted by Gasteiger charge is -1.98. The molecule has 1 aromatic carbocycles. The van der Waals surface area contributed by atoms with Crippen molar-refractivity contribution in [3.05, 3.63) is 59.7 Å². The van der Waals surface area contributed by atoms with Crippen molar-refractivity contribution in [2.45, 2.75) is 19.3 Å². The van der Waals surface area contributed by atoms with Gasteiger partial charge in [0, 0.05) is 17.6 Å². The average Bonchev–Trinajstić information content (AvgIpc) is 3.36. The molecule has 1 aliphatic carbocycles. The van der Waals surface area contributed by atoms with Crippen LogP contribution < -0.4 is 0 Å². The van der Waals surface area contributed by atoms with E-state index in [0.29, 0.717) is 17.9 Å². The maximum atomic E-state index is 11.7. The van der Waals surface area contributed by atoms with E-state index in [4.69, 9.17) is 0 Å². The van der Waals surface area contributed by atoms with E-state index in [1.165, 1.54) is 7.11 Å². The van der Waals surface area contributed by atoms with Gasteiger partial charge in [0.15, 0.2) is 5.78 Å². The summed E-state index contributed by atoms with van der Waals surface area (Å²) in [5.74, 6) is 6.22. The third kappa shape index (κ3) is 4.46. The number of rotatable bonds is 5. The summed E-state index contributed by atoms with van der Waals surface area (Å²) in [6.07, 6.45) is 5.75. The molecule has 2 rings (SSSR count). The van der Waals surface area contributed by atoms with Gasteiger partial charge in [-0.1, -0.05) is 17.9 Å². The van der Waals surface area contributed by atoms with Gasteiger partial charge in [-0.25, -0.2) is 4.79 Å². The highest BCUT2D eigenvalue weighted by Gasteiger charge is 2.25. The van der Waals surface area contributed by atoms with E-state index in [1.807, 2.05) is 0 Å². The van der Waals surface area contributed by atoms with Gasteiger partial charge in [0.05, 0.1) is 12.7 Å². The lowest BCUT2D eigenvalue weighted by Crippen LogP contribution is -2.00. The summed E-state index contributed by atoms with van der Waals surface area (Å²) in [6.45, 7) is 3.57. The van der Waals surface area contributed by atoms with E-state index in [2.05, 4.69) is 23.2 Å². The van der Waals surface area contributed by atoms with Gasteiger partial charge in [-0.05, 0) is 49.1 Å². The minimum atomic E-state index is -0.368. The van der Waals surface area contributed by atoms with Gasteiger partial charge in [0.25, 0.3) is 0 Å². The van der Waals surface area contributed by atoms with Crippen LogP contribution in [0.4, 0.5) is 0 Å². The number of ether oxygens (including phenoxy) is 1. The number of carbonyl (C=O) groups excluding carboxylic acids is 2. The van der Waals surface area contributed by atoms with Gasteiger partial charge in [0.2, 0.25) is 0 Å². The molecule has 3 nitrogen and oxygen atoms in total. The molecule has 22 heavy (non-hydrogen) atoms. The molecule has 1 aliphatic rings. The Bertz CT molecular complexity index is 665. The summed E-state index contributed by atoms with van der Waals surface area (Å²) in [5, 5.41) is 0. The van der Waals surface area contributed by atoms with Gasteiger partial charge >= 0.3 is 5.97 Å². The van der Waals surface area contributed by atoms with Crippen molar-refractivity contribution in [1.82, 2.24) is 0 Å². The molecule has 0 saturated heterocycles. The molecule has 112 valence electrons. The van der Waals surface area contributed by atoms with Crippen molar-refractivity contribution in [2.24, 2.45) is 5.92 Å². The van der Waals surface area contributed by atoms with Crippen LogP contribution in [0, 0.1) is 17.8 Å². The Morgan fingerprint density at radius 3 is 2.55 bits per heavy atom. The maximum Gasteiger partial charge on any atom is 0.337 e. The first kappa shape index (κ1) is 15.8. The number of ketones is 1. The minimum absolute atomic E-state index is 0.0345. The molecule has 0 atom stereocenters. The highest BCUT2D eigenvalue weighted by molar-refractivity contribution is 5.92. The zero-order valence-corrected chi connectivity index (χ0v) is 12.6. The van der Waals surface area contributed by atoms with E-state index in [0.717, 1.165) is 24.0 Å². The molecule has 0 amide bonds. The summed E-state index contributed by atoms with van der Waals surface area (Å²) in [4.78, 5) is 23.0. The van der Waals surface area contributed by atoms with Crippen molar-refractivity contribution in [3.63, 3.8) is 0 Å². The van der Waals surface area contributed by atoms with Gasteiger partial charge in [0.1, 0.15) is 0 Å². The van der Waals surface area contributed by atoms with Gasteiger partial charge in [-0.15, -0.1) is 6.58 Å². The fraction of sp³-hybridized carbons (Fsp3) is 0.263. The molecule has 1 aromatic rings. The summed E-state index contributed by atoms with van der Waals surface area (Å²) in [7, 11) is 1.35. The van der Waals surface area contributed by atoms with Crippen LogP contribution in [0.15, 0.2) is 48.6 Å². The van der Waals surface area contributed by atoms with Gasteiger partial charge < -0.3 is 4.74 Å². The molecule has 1 saturated carbocycles. The summed E-state index contributed by atoms with van der Waals surface area (Å²) in [6, 6.07) is 6.91. The quantitative estimate of drug-likeness (QED) is 0.362. The Kier molecular flexibility index (Phi) is 5.32.